The molecule has 0 aromatic heterocycles. The second-order valence-corrected chi connectivity index (χ2v) is 3.96. The molecular weight excluding hydrogens is 241 g/mol. The SMILES string of the molecule is O=C1N[C@H](c2c(O)cc(Cl)cc2Cl)CO1. The zero-order chi connectivity index (χ0) is 11.0. The highest BCUT2D eigenvalue weighted by Crippen LogP contribution is 2.35. The maximum absolute atomic E-state index is 10.8. The Balaban J connectivity index is 2.39. The van der Waals surface area contributed by atoms with Crippen LogP contribution in [0.3, 0.4) is 0 Å². The number of cyclic esters (lactones) is 1. The topological polar surface area (TPSA) is 58.6 Å². The third-order valence-electron chi connectivity index (χ3n) is 2.09. The molecule has 1 saturated heterocycles. The van der Waals surface area contributed by atoms with Crippen molar-refractivity contribution in [3.63, 3.8) is 0 Å². The van der Waals surface area contributed by atoms with Crippen LogP contribution in [0.5, 0.6) is 5.75 Å². The number of hydrogen-bond donors (Lipinski definition) is 2. The van der Waals surface area contributed by atoms with Crippen LogP contribution < -0.4 is 5.32 Å². The molecule has 1 aliphatic heterocycles. The molecule has 1 aromatic carbocycles. The molecule has 0 aliphatic carbocycles. The Labute approximate surface area is 95.7 Å². The third kappa shape index (κ3) is 1.96. The van der Waals surface area contributed by atoms with Crippen LogP contribution in [0.2, 0.25) is 10.0 Å². The monoisotopic (exact) mass is 247 g/mol. The minimum Gasteiger partial charge on any atom is -0.507 e. The molecule has 1 fully saturated rings. The Morgan fingerprint density at radius 2 is 2.20 bits per heavy atom. The summed E-state index contributed by atoms with van der Waals surface area (Å²) in [7, 11) is 0. The lowest BCUT2D eigenvalue weighted by Crippen LogP contribution is -2.18. The first-order valence-electron chi connectivity index (χ1n) is 4.19. The van der Waals surface area contributed by atoms with Crippen LogP contribution in [0.1, 0.15) is 11.6 Å². The van der Waals surface area contributed by atoms with Gasteiger partial charge in [0.2, 0.25) is 0 Å². The Bertz CT molecular complexity index is 399. The molecule has 1 aliphatic rings. The lowest BCUT2D eigenvalue weighted by Gasteiger charge is -2.12. The van der Waals surface area contributed by atoms with Gasteiger partial charge < -0.3 is 15.2 Å². The zero-order valence-corrected chi connectivity index (χ0v) is 8.97. The second-order valence-electron chi connectivity index (χ2n) is 3.12. The summed E-state index contributed by atoms with van der Waals surface area (Å²) in [6, 6.07) is 2.44. The van der Waals surface area contributed by atoms with Gasteiger partial charge in [0.05, 0.1) is 11.1 Å². The number of hydrogen-bond acceptors (Lipinski definition) is 3. The van der Waals surface area contributed by atoms with E-state index >= 15 is 0 Å². The summed E-state index contributed by atoms with van der Waals surface area (Å²) in [6.45, 7) is 0.147. The molecule has 0 radical (unpaired) electrons. The van der Waals surface area contributed by atoms with Crippen molar-refractivity contribution in [1.82, 2.24) is 5.32 Å². The average Bonchev–Trinajstić information content (AvgIpc) is 2.49. The number of alkyl carbamates (subject to hydrolysis) is 1. The molecule has 6 heteroatoms. The van der Waals surface area contributed by atoms with Gasteiger partial charge in [0.25, 0.3) is 0 Å². The van der Waals surface area contributed by atoms with Gasteiger partial charge in [-0.3, -0.25) is 0 Å². The molecule has 0 bridgehead atoms. The number of ether oxygens (including phenoxy) is 1. The van der Waals surface area contributed by atoms with Crippen LogP contribution in [-0.2, 0) is 4.74 Å². The van der Waals surface area contributed by atoms with Crippen molar-refractivity contribution in [1.29, 1.82) is 0 Å². The van der Waals surface area contributed by atoms with Gasteiger partial charge in [0, 0.05) is 10.6 Å². The fourth-order valence-electron chi connectivity index (χ4n) is 1.46. The van der Waals surface area contributed by atoms with E-state index < -0.39 is 12.1 Å². The number of benzene rings is 1. The van der Waals surface area contributed by atoms with E-state index in [4.69, 9.17) is 27.9 Å². The van der Waals surface area contributed by atoms with Crippen LogP contribution in [0, 0.1) is 0 Å². The summed E-state index contributed by atoms with van der Waals surface area (Å²) < 4.78 is 4.71. The number of rotatable bonds is 1. The first kappa shape index (κ1) is 10.4. The van der Waals surface area contributed by atoms with E-state index in [1.54, 1.807) is 0 Å². The van der Waals surface area contributed by atoms with Crippen molar-refractivity contribution < 1.29 is 14.6 Å². The number of carbonyl (C=O) groups is 1. The Hall–Kier alpha value is -1.13. The van der Waals surface area contributed by atoms with Crippen molar-refractivity contribution in [2.75, 3.05) is 6.61 Å². The van der Waals surface area contributed by atoms with Crippen molar-refractivity contribution >= 4 is 29.3 Å². The molecule has 1 aromatic rings. The highest BCUT2D eigenvalue weighted by atomic mass is 35.5. The standard InChI is InChI=1S/C9H7Cl2NO3/c10-4-1-5(11)8(7(13)2-4)6-3-15-9(14)12-6/h1-2,6,13H,3H2,(H,12,14)/t6-/m0/s1. The minimum absolute atomic E-state index is 0.0525. The quantitative estimate of drug-likeness (QED) is 0.802. The molecule has 15 heavy (non-hydrogen) atoms. The molecule has 2 N–H and O–H groups in total. The summed E-state index contributed by atoms with van der Waals surface area (Å²) in [5, 5.41) is 12.8. The van der Waals surface area contributed by atoms with Crippen LogP contribution in [0.25, 0.3) is 0 Å². The molecule has 4 nitrogen and oxygen atoms in total. The number of halogens is 2. The van der Waals surface area contributed by atoms with Crippen LogP contribution >= 0.6 is 23.2 Å². The lowest BCUT2D eigenvalue weighted by atomic mass is 10.1. The third-order valence-corrected chi connectivity index (χ3v) is 2.63. The van der Waals surface area contributed by atoms with E-state index in [2.05, 4.69) is 5.32 Å². The molecule has 1 amide bonds. The summed E-state index contributed by atoms with van der Waals surface area (Å²) >= 11 is 11.6. The first-order valence-corrected chi connectivity index (χ1v) is 4.94. The minimum atomic E-state index is -0.523. The largest absolute Gasteiger partial charge is 0.507 e. The summed E-state index contributed by atoms with van der Waals surface area (Å²) in [6.07, 6.45) is -0.523. The molecule has 1 heterocycles. The normalized spacial score (nSPS) is 19.9. The zero-order valence-electron chi connectivity index (χ0n) is 7.46. The predicted octanol–water partition coefficient (Wildman–Crippen LogP) is 2.48. The van der Waals surface area contributed by atoms with Gasteiger partial charge in [-0.2, -0.15) is 0 Å². The second kappa shape index (κ2) is 3.79. The van der Waals surface area contributed by atoms with Gasteiger partial charge in [0.1, 0.15) is 12.4 Å². The van der Waals surface area contributed by atoms with Gasteiger partial charge in [0.15, 0.2) is 0 Å². The number of carbonyl (C=O) groups excluding carboxylic acids is 1. The summed E-state index contributed by atoms with van der Waals surface area (Å²) in [5.41, 5.74) is 0.423. The van der Waals surface area contributed by atoms with Gasteiger partial charge in [-0.1, -0.05) is 23.2 Å². The van der Waals surface area contributed by atoms with Crippen LogP contribution in [0.15, 0.2) is 12.1 Å². The molecule has 0 spiro atoms. The number of phenols is 1. The Morgan fingerprint density at radius 1 is 1.47 bits per heavy atom. The van der Waals surface area contributed by atoms with Gasteiger partial charge in [-0.25, -0.2) is 4.79 Å². The molecular formula is C9H7Cl2NO3. The van der Waals surface area contributed by atoms with Crippen molar-refractivity contribution in [3.05, 3.63) is 27.7 Å². The average molecular weight is 248 g/mol. The molecule has 2 rings (SSSR count). The number of phenolic OH excluding ortho intramolecular Hbond substituents is 1. The molecule has 80 valence electrons. The Morgan fingerprint density at radius 3 is 2.73 bits per heavy atom. The smallest absolute Gasteiger partial charge is 0.407 e. The number of aromatic hydroxyl groups is 1. The summed E-state index contributed by atoms with van der Waals surface area (Å²) in [5.74, 6) is -0.0525. The van der Waals surface area contributed by atoms with Crippen molar-refractivity contribution in [3.8, 4) is 5.75 Å². The lowest BCUT2D eigenvalue weighted by molar-refractivity contribution is 0.177. The maximum Gasteiger partial charge on any atom is 0.407 e. The van der Waals surface area contributed by atoms with E-state index in [9.17, 15) is 9.90 Å². The number of nitrogens with one attached hydrogen (secondary N) is 1. The van der Waals surface area contributed by atoms with E-state index in [1.165, 1.54) is 12.1 Å². The highest BCUT2D eigenvalue weighted by molar-refractivity contribution is 6.35. The highest BCUT2D eigenvalue weighted by Gasteiger charge is 2.28. The van der Waals surface area contributed by atoms with Gasteiger partial charge in [-0.05, 0) is 12.1 Å². The van der Waals surface area contributed by atoms with E-state index in [-0.39, 0.29) is 12.4 Å². The molecule has 0 saturated carbocycles. The van der Waals surface area contributed by atoms with Crippen LogP contribution in [-0.4, -0.2) is 17.8 Å². The first-order chi connectivity index (χ1) is 7.08. The van der Waals surface area contributed by atoms with E-state index in [0.29, 0.717) is 15.6 Å². The predicted molar refractivity (Wildman–Crippen MR) is 55.4 cm³/mol. The van der Waals surface area contributed by atoms with Crippen molar-refractivity contribution in [2.24, 2.45) is 0 Å². The van der Waals surface area contributed by atoms with Gasteiger partial charge in [-0.15, -0.1) is 0 Å². The maximum atomic E-state index is 10.8. The molecule has 0 unspecified atom stereocenters. The summed E-state index contributed by atoms with van der Waals surface area (Å²) in [4.78, 5) is 10.8. The number of amides is 1. The fourth-order valence-corrected chi connectivity index (χ4v) is 2.07. The van der Waals surface area contributed by atoms with Crippen molar-refractivity contribution in [2.45, 2.75) is 6.04 Å². The fraction of sp³-hybridized carbons (Fsp3) is 0.222. The van der Waals surface area contributed by atoms with E-state index in [0.717, 1.165) is 0 Å². The van der Waals surface area contributed by atoms with E-state index in [1.807, 2.05) is 0 Å². The molecule has 1 atom stereocenters. The Kier molecular flexibility index (Phi) is 2.63. The van der Waals surface area contributed by atoms with Crippen LogP contribution in [0.4, 0.5) is 4.79 Å². The van der Waals surface area contributed by atoms with Gasteiger partial charge >= 0.3 is 6.09 Å².